The second-order valence-corrected chi connectivity index (χ2v) is 7.37. The summed E-state index contributed by atoms with van der Waals surface area (Å²) < 4.78 is 1.35. The predicted molar refractivity (Wildman–Crippen MR) is 82.6 cm³/mol. The predicted octanol–water partition coefficient (Wildman–Crippen LogP) is 2.86. The zero-order valence-corrected chi connectivity index (χ0v) is 13.0. The van der Waals surface area contributed by atoms with Gasteiger partial charge in [0.15, 0.2) is 0 Å². The molecule has 3 N–H and O–H groups in total. The zero-order valence-electron chi connectivity index (χ0n) is 11.4. The van der Waals surface area contributed by atoms with Crippen LogP contribution in [0.5, 0.6) is 0 Å². The van der Waals surface area contributed by atoms with Crippen molar-refractivity contribution in [2.75, 3.05) is 12.3 Å². The zero-order chi connectivity index (χ0) is 13.7. The SMILES string of the molecule is CCNC1(C(N)=O)CCCC1CCSc1cccs1. The number of amides is 1. The van der Waals surface area contributed by atoms with Crippen LogP contribution in [0, 0.1) is 5.92 Å². The molecule has 1 heterocycles. The Morgan fingerprint density at radius 3 is 3.16 bits per heavy atom. The Morgan fingerprint density at radius 1 is 1.68 bits per heavy atom. The van der Waals surface area contributed by atoms with Crippen LogP contribution in [0.4, 0.5) is 0 Å². The number of carbonyl (C=O) groups is 1. The Labute approximate surface area is 123 Å². The molecule has 0 spiro atoms. The quantitative estimate of drug-likeness (QED) is 0.761. The van der Waals surface area contributed by atoms with Crippen LogP contribution >= 0.6 is 23.1 Å². The molecule has 19 heavy (non-hydrogen) atoms. The molecule has 2 unspecified atom stereocenters. The maximum absolute atomic E-state index is 11.9. The third-order valence-electron chi connectivity index (χ3n) is 3.96. The molecule has 5 heteroatoms. The molecule has 0 aliphatic heterocycles. The molecule has 1 aromatic heterocycles. The van der Waals surface area contributed by atoms with Crippen LogP contribution in [0.1, 0.15) is 32.6 Å². The molecule has 0 saturated heterocycles. The second-order valence-electron chi connectivity index (χ2n) is 5.02. The van der Waals surface area contributed by atoms with Gasteiger partial charge in [-0.1, -0.05) is 19.4 Å². The Balaban J connectivity index is 1.92. The van der Waals surface area contributed by atoms with E-state index in [2.05, 4.69) is 22.8 Å². The lowest BCUT2D eigenvalue weighted by atomic mass is 9.84. The normalized spacial score (nSPS) is 26.7. The molecule has 0 aromatic carbocycles. The van der Waals surface area contributed by atoms with Crippen LogP contribution in [0.25, 0.3) is 0 Å². The average Bonchev–Trinajstić information content (AvgIpc) is 3.01. The Morgan fingerprint density at radius 2 is 2.53 bits per heavy atom. The smallest absolute Gasteiger partial charge is 0.238 e. The molecular formula is C14H22N2OS2. The molecule has 1 aliphatic carbocycles. The van der Waals surface area contributed by atoms with E-state index in [4.69, 9.17) is 5.73 Å². The molecule has 2 atom stereocenters. The second kappa shape index (κ2) is 6.77. The fourth-order valence-corrected chi connectivity index (χ4v) is 4.99. The first-order valence-corrected chi connectivity index (χ1v) is 8.77. The fraction of sp³-hybridized carbons (Fsp3) is 0.643. The van der Waals surface area contributed by atoms with Gasteiger partial charge >= 0.3 is 0 Å². The minimum Gasteiger partial charge on any atom is -0.368 e. The number of rotatable bonds is 7. The lowest BCUT2D eigenvalue weighted by molar-refractivity contribution is -0.125. The number of thiophene rings is 1. The van der Waals surface area contributed by atoms with Gasteiger partial charge in [0.2, 0.25) is 5.91 Å². The summed E-state index contributed by atoms with van der Waals surface area (Å²) in [5.41, 5.74) is 5.22. The Bertz CT molecular complexity index is 408. The van der Waals surface area contributed by atoms with E-state index >= 15 is 0 Å². The maximum Gasteiger partial charge on any atom is 0.238 e. The molecule has 0 bridgehead atoms. The summed E-state index contributed by atoms with van der Waals surface area (Å²) in [4.78, 5) is 11.9. The van der Waals surface area contributed by atoms with Crippen molar-refractivity contribution in [3.05, 3.63) is 17.5 Å². The summed E-state index contributed by atoms with van der Waals surface area (Å²) in [6.45, 7) is 2.85. The summed E-state index contributed by atoms with van der Waals surface area (Å²) in [5.74, 6) is 1.28. The van der Waals surface area contributed by atoms with Crippen molar-refractivity contribution in [2.24, 2.45) is 11.7 Å². The molecule has 1 aliphatic rings. The summed E-state index contributed by atoms with van der Waals surface area (Å²) >= 11 is 3.66. The highest BCUT2D eigenvalue weighted by molar-refractivity contribution is 8.01. The average molecular weight is 298 g/mol. The monoisotopic (exact) mass is 298 g/mol. The third kappa shape index (κ3) is 3.33. The van der Waals surface area contributed by atoms with Crippen molar-refractivity contribution < 1.29 is 4.79 Å². The van der Waals surface area contributed by atoms with Crippen LogP contribution in [-0.2, 0) is 4.79 Å². The molecular weight excluding hydrogens is 276 g/mol. The van der Waals surface area contributed by atoms with Gasteiger partial charge in [-0.25, -0.2) is 0 Å². The van der Waals surface area contributed by atoms with E-state index in [0.29, 0.717) is 5.92 Å². The number of nitrogens with one attached hydrogen (secondary N) is 1. The van der Waals surface area contributed by atoms with E-state index in [-0.39, 0.29) is 5.91 Å². The topological polar surface area (TPSA) is 55.1 Å². The molecule has 1 fully saturated rings. The van der Waals surface area contributed by atoms with Crippen molar-refractivity contribution in [3.8, 4) is 0 Å². The number of hydrogen-bond acceptors (Lipinski definition) is 4. The van der Waals surface area contributed by atoms with E-state index in [1.807, 2.05) is 18.7 Å². The van der Waals surface area contributed by atoms with Crippen molar-refractivity contribution in [3.63, 3.8) is 0 Å². The van der Waals surface area contributed by atoms with E-state index in [1.165, 1.54) is 4.21 Å². The minimum atomic E-state index is -0.454. The van der Waals surface area contributed by atoms with Gasteiger partial charge in [-0.15, -0.1) is 23.1 Å². The highest BCUT2D eigenvalue weighted by Crippen LogP contribution is 2.39. The third-order valence-corrected chi connectivity index (χ3v) is 6.12. The van der Waals surface area contributed by atoms with E-state index in [9.17, 15) is 4.79 Å². The van der Waals surface area contributed by atoms with Gasteiger partial charge in [0.25, 0.3) is 0 Å². The summed E-state index contributed by atoms with van der Waals surface area (Å²) in [6.07, 6.45) is 4.16. The highest BCUT2D eigenvalue weighted by Gasteiger charge is 2.46. The van der Waals surface area contributed by atoms with Gasteiger partial charge in [0, 0.05) is 0 Å². The lowest BCUT2D eigenvalue weighted by Crippen LogP contribution is -2.57. The van der Waals surface area contributed by atoms with Gasteiger partial charge < -0.3 is 11.1 Å². The largest absolute Gasteiger partial charge is 0.368 e. The summed E-state index contributed by atoms with van der Waals surface area (Å²) in [7, 11) is 0. The van der Waals surface area contributed by atoms with E-state index in [0.717, 1.165) is 38.0 Å². The van der Waals surface area contributed by atoms with Crippen molar-refractivity contribution in [2.45, 2.75) is 42.4 Å². The molecule has 2 rings (SSSR count). The lowest BCUT2D eigenvalue weighted by Gasteiger charge is -2.33. The number of carbonyl (C=O) groups excluding carboxylic acids is 1. The van der Waals surface area contributed by atoms with Crippen molar-refractivity contribution >= 4 is 29.0 Å². The van der Waals surface area contributed by atoms with Crippen molar-refractivity contribution in [1.29, 1.82) is 0 Å². The standard InChI is InChI=1S/C14H22N2OS2/c1-2-16-14(13(15)17)8-3-5-11(14)7-10-19-12-6-4-9-18-12/h4,6,9,11,16H,2-3,5,7-8,10H2,1H3,(H2,15,17). The molecule has 0 radical (unpaired) electrons. The van der Waals surface area contributed by atoms with E-state index in [1.54, 1.807) is 11.3 Å². The van der Waals surface area contributed by atoms with Crippen LogP contribution < -0.4 is 11.1 Å². The van der Waals surface area contributed by atoms with Crippen LogP contribution in [-0.4, -0.2) is 23.7 Å². The fourth-order valence-electron chi connectivity index (χ4n) is 3.08. The summed E-state index contributed by atoms with van der Waals surface area (Å²) in [5, 5.41) is 5.47. The number of thioether (sulfide) groups is 1. The minimum absolute atomic E-state index is 0.169. The van der Waals surface area contributed by atoms with Gasteiger partial charge in [-0.05, 0) is 48.9 Å². The van der Waals surface area contributed by atoms with Gasteiger partial charge in [0.1, 0.15) is 5.54 Å². The number of nitrogens with two attached hydrogens (primary N) is 1. The van der Waals surface area contributed by atoms with Gasteiger partial charge in [0.05, 0.1) is 4.21 Å². The van der Waals surface area contributed by atoms with E-state index < -0.39 is 5.54 Å². The highest BCUT2D eigenvalue weighted by atomic mass is 32.2. The number of likely N-dealkylation sites (N-methyl/N-ethyl adjacent to an activating group) is 1. The molecule has 3 nitrogen and oxygen atoms in total. The molecule has 1 amide bonds. The molecule has 1 saturated carbocycles. The van der Waals surface area contributed by atoms with Crippen LogP contribution in [0.2, 0.25) is 0 Å². The Hall–Kier alpha value is -0.520. The number of hydrogen-bond donors (Lipinski definition) is 2. The molecule has 106 valence electrons. The first-order valence-electron chi connectivity index (χ1n) is 6.90. The number of primary amides is 1. The maximum atomic E-state index is 11.9. The molecule has 1 aromatic rings. The van der Waals surface area contributed by atoms with Gasteiger partial charge in [-0.2, -0.15) is 0 Å². The first kappa shape index (κ1) is 14.9. The summed E-state index contributed by atoms with van der Waals surface area (Å²) in [6, 6.07) is 4.23. The van der Waals surface area contributed by atoms with Crippen LogP contribution in [0.3, 0.4) is 0 Å². The first-order chi connectivity index (χ1) is 9.19. The van der Waals surface area contributed by atoms with Crippen molar-refractivity contribution in [1.82, 2.24) is 5.32 Å². The Kier molecular flexibility index (Phi) is 5.30. The van der Waals surface area contributed by atoms with Crippen LogP contribution in [0.15, 0.2) is 21.7 Å². The van der Waals surface area contributed by atoms with Gasteiger partial charge in [-0.3, -0.25) is 4.79 Å².